The number of ether oxygens (including phenoxy) is 1. The average molecular weight is 325 g/mol. The van der Waals surface area contributed by atoms with Crippen LogP contribution >= 0.6 is 0 Å². The van der Waals surface area contributed by atoms with E-state index < -0.39 is 0 Å². The first-order chi connectivity index (χ1) is 11.2. The molecule has 1 rings (SSSR count). The van der Waals surface area contributed by atoms with Crippen molar-refractivity contribution in [2.24, 2.45) is 4.99 Å². The van der Waals surface area contributed by atoms with E-state index in [9.17, 15) is 0 Å². The molecule has 1 aromatic heterocycles. The van der Waals surface area contributed by atoms with Gasteiger partial charge in [-0.2, -0.15) is 0 Å². The van der Waals surface area contributed by atoms with E-state index in [4.69, 9.17) is 4.74 Å². The third-order valence-corrected chi connectivity index (χ3v) is 3.43. The van der Waals surface area contributed by atoms with Crippen LogP contribution in [0.3, 0.4) is 0 Å². The van der Waals surface area contributed by atoms with Crippen molar-refractivity contribution >= 4 is 5.96 Å². The van der Waals surface area contributed by atoms with Gasteiger partial charge in [0.1, 0.15) is 12.2 Å². The second kappa shape index (κ2) is 11.8. The lowest BCUT2D eigenvalue weighted by atomic mass is 10.4. The molecule has 8 nitrogen and oxygen atoms in total. The number of aliphatic imine (C=N–C) groups is 1. The zero-order chi connectivity index (χ0) is 16.9. The smallest absolute Gasteiger partial charge is 0.191 e. The van der Waals surface area contributed by atoms with Gasteiger partial charge in [0.15, 0.2) is 5.96 Å². The monoisotopic (exact) mass is 325 g/mol. The van der Waals surface area contributed by atoms with Crippen molar-refractivity contribution in [2.45, 2.75) is 26.8 Å². The van der Waals surface area contributed by atoms with Gasteiger partial charge in [-0.05, 0) is 14.0 Å². The lowest BCUT2D eigenvalue weighted by molar-refractivity contribution is 0.163. The van der Waals surface area contributed by atoms with Crippen LogP contribution in [0.2, 0.25) is 0 Å². The highest BCUT2D eigenvalue weighted by Gasteiger charge is 2.02. The molecule has 0 saturated heterocycles. The second-order valence-electron chi connectivity index (χ2n) is 5.28. The Morgan fingerprint density at radius 2 is 2.17 bits per heavy atom. The van der Waals surface area contributed by atoms with Crippen molar-refractivity contribution < 1.29 is 4.74 Å². The fourth-order valence-electron chi connectivity index (χ4n) is 2.07. The maximum Gasteiger partial charge on any atom is 0.191 e. The first-order valence-electron chi connectivity index (χ1n) is 8.27. The van der Waals surface area contributed by atoms with E-state index in [2.05, 4.69) is 56.2 Å². The Morgan fingerprint density at radius 1 is 1.35 bits per heavy atom. The van der Waals surface area contributed by atoms with Crippen molar-refractivity contribution in [3.05, 3.63) is 12.2 Å². The predicted octanol–water partition coefficient (Wildman–Crippen LogP) is -0.0262. The van der Waals surface area contributed by atoms with Crippen LogP contribution in [0.15, 0.2) is 11.3 Å². The zero-order valence-corrected chi connectivity index (χ0v) is 14.9. The molecule has 1 heterocycles. The van der Waals surface area contributed by atoms with Crippen molar-refractivity contribution in [2.75, 3.05) is 53.5 Å². The molecule has 8 heteroatoms. The molecule has 0 saturated carbocycles. The summed E-state index contributed by atoms with van der Waals surface area (Å²) in [7, 11) is 3.80. The minimum absolute atomic E-state index is 0.747. The summed E-state index contributed by atoms with van der Waals surface area (Å²) in [5.74, 6) is 1.85. The van der Waals surface area contributed by atoms with Crippen LogP contribution in [0.5, 0.6) is 0 Å². The van der Waals surface area contributed by atoms with Crippen LogP contribution < -0.4 is 10.6 Å². The molecule has 0 spiro atoms. The van der Waals surface area contributed by atoms with Crippen molar-refractivity contribution in [3.63, 3.8) is 0 Å². The minimum Gasteiger partial charge on any atom is -0.383 e. The number of aromatic nitrogens is 3. The van der Waals surface area contributed by atoms with Gasteiger partial charge >= 0.3 is 0 Å². The number of nitrogens with one attached hydrogen (secondary N) is 2. The Balaban J connectivity index is 2.34. The molecule has 0 aromatic carbocycles. The summed E-state index contributed by atoms with van der Waals surface area (Å²) >= 11 is 0. The summed E-state index contributed by atoms with van der Waals surface area (Å²) in [6.07, 6.45) is 2.66. The normalized spacial score (nSPS) is 12.0. The fourth-order valence-corrected chi connectivity index (χ4v) is 2.07. The van der Waals surface area contributed by atoms with Gasteiger partial charge in [-0.1, -0.05) is 6.92 Å². The molecular formula is C15H31N7O. The second-order valence-corrected chi connectivity index (χ2v) is 5.28. The third-order valence-electron chi connectivity index (χ3n) is 3.43. The molecule has 0 amide bonds. The number of likely N-dealkylation sites (N-methyl/N-ethyl adjacent to an activating group) is 1. The van der Waals surface area contributed by atoms with E-state index in [1.54, 1.807) is 13.4 Å². The Kier molecular flexibility index (Phi) is 9.97. The molecule has 0 radical (unpaired) electrons. The van der Waals surface area contributed by atoms with Gasteiger partial charge in [-0.15, -0.1) is 10.2 Å². The standard InChI is InChI=1S/C15H31N7O/c1-5-14-20-19-13-22(14)10-8-18-15(16-6-2)17-7-9-21(3)11-12-23-4/h13H,5-12H2,1-4H3,(H2,16,17,18). The molecule has 0 unspecified atom stereocenters. The molecule has 2 N–H and O–H groups in total. The summed E-state index contributed by atoms with van der Waals surface area (Å²) in [6.45, 7) is 9.94. The number of rotatable bonds is 11. The molecule has 0 bridgehead atoms. The molecule has 0 aliphatic heterocycles. The average Bonchev–Trinajstić information content (AvgIpc) is 3.00. The Morgan fingerprint density at radius 3 is 2.87 bits per heavy atom. The highest BCUT2D eigenvalue weighted by Crippen LogP contribution is 1.94. The summed E-state index contributed by atoms with van der Waals surface area (Å²) in [5.41, 5.74) is 0. The Hall–Kier alpha value is -1.67. The van der Waals surface area contributed by atoms with Crippen LogP contribution in [0.1, 0.15) is 19.7 Å². The topological polar surface area (TPSA) is 79.6 Å². The summed E-state index contributed by atoms with van der Waals surface area (Å²) in [4.78, 5) is 6.80. The van der Waals surface area contributed by atoms with E-state index in [-0.39, 0.29) is 0 Å². The van der Waals surface area contributed by atoms with Crippen molar-refractivity contribution in [3.8, 4) is 0 Å². The lowest BCUT2D eigenvalue weighted by Gasteiger charge is -2.16. The summed E-state index contributed by atoms with van der Waals surface area (Å²) in [6, 6.07) is 0. The first-order valence-corrected chi connectivity index (χ1v) is 8.27. The predicted molar refractivity (Wildman–Crippen MR) is 92.8 cm³/mol. The van der Waals surface area contributed by atoms with Gasteiger partial charge < -0.3 is 24.8 Å². The zero-order valence-electron chi connectivity index (χ0n) is 14.9. The molecule has 1 aromatic rings. The minimum atomic E-state index is 0.747. The fraction of sp³-hybridized carbons (Fsp3) is 0.800. The Labute approximate surface area is 139 Å². The van der Waals surface area contributed by atoms with E-state index in [1.165, 1.54) is 0 Å². The molecular weight excluding hydrogens is 294 g/mol. The number of methoxy groups -OCH3 is 1. The third kappa shape index (κ3) is 7.94. The Bertz CT molecular complexity index is 447. The first kappa shape index (κ1) is 19.4. The maximum atomic E-state index is 5.07. The number of hydrogen-bond acceptors (Lipinski definition) is 5. The molecule has 132 valence electrons. The molecule has 0 atom stereocenters. The van der Waals surface area contributed by atoms with Crippen LogP contribution in [0, 0.1) is 0 Å². The van der Waals surface area contributed by atoms with E-state index in [1.807, 2.05) is 0 Å². The lowest BCUT2D eigenvalue weighted by Crippen LogP contribution is -2.39. The highest BCUT2D eigenvalue weighted by atomic mass is 16.5. The van der Waals surface area contributed by atoms with Gasteiger partial charge in [-0.25, -0.2) is 0 Å². The molecule has 0 fully saturated rings. The van der Waals surface area contributed by atoms with Crippen LogP contribution in [0.4, 0.5) is 0 Å². The van der Waals surface area contributed by atoms with Gasteiger partial charge in [0, 0.05) is 46.3 Å². The molecule has 23 heavy (non-hydrogen) atoms. The van der Waals surface area contributed by atoms with Gasteiger partial charge in [0.25, 0.3) is 0 Å². The molecule has 0 aliphatic rings. The number of aryl methyl sites for hydroxylation is 1. The van der Waals surface area contributed by atoms with Crippen LogP contribution in [0.25, 0.3) is 0 Å². The number of hydrogen-bond donors (Lipinski definition) is 2. The van der Waals surface area contributed by atoms with Crippen molar-refractivity contribution in [1.29, 1.82) is 0 Å². The number of nitrogens with zero attached hydrogens (tertiary/aromatic N) is 5. The number of guanidine groups is 1. The van der Waals surface area contributed by atoms with Gasteiger partial charge in [-0.3, -0.25) is 4.99 Å². The van der Waals surface area contributed by atoms with Crippen LogP contribution in [-0.2, 0) is 17.7 Å². The summed E-state index contributed by atoms with van der Waals surface area (Å²) < 4.78 is 7.14. The molecule has 0 aliphatic carbocycles. The quantitative estimate of drug-likeness (QED) is 0.439. The SMILES string of the molecule is CCNC(=NCCN(C)CCOC)NCCn1cnnc1CC. The highest BCUT2D eigenvalue weighted by molar-refractivity contribution is 5.79. The van der Waals surface area contributed by atoms with E-state index in [0.717, 1.165) is 64.1 Å². The van der Waals surface area contributed by atoms with E-state index in [0.29, 0.717) is 0 Å². The van der Waals surface area contributed by atoms with Crippen LogP contribution in [-0.4, -0.2) is 79.1 Å². The maximum absolute atomic E-state index is 5.07. The van der Waals surface area contributed by atoms with E-state index >= 15 is 0 Å². The van der Waals surface area contributed by atoms with Crippen molar-refractivity contribution in [1.82, 2.24) is 30.3 Å². The summed E-state index contributed by atoms with van der Waals surface area (Å²) in [5, 5.41) is 14.6. The van der Waals surface area contributed by atoms with Gasteiger partial charge in [0.2, 0.25) is 0 Å². The van der Waals surface area contributed by atoms with Gasteiger partial charge in [0.05, 0.1) is 13.2 Å². The largest absolute Gasteiger partial charge is 0.383 e.